The van der Waals surface area contributed by atoms with Gasteiger partial charge in [-0.15, -0.1) is 0 Å². The van der Waals surface area contributed by atoms with E-state index in [1.165, 1.54) is 6.42 Å². The van der Waals surface area contributed by atoms with E-state index in [9.17, 15) is 0 Å². The number of guanidine groups is 1. The number of morpholine rings is 1. The van der Waals surface area contributed by atoms with Crippen LogP contribution in [0.1, 0.15) is 26.7 Å². The third kappa shape index (κ3) is 6.46. The SMILES string of the molecule is CN=C(NCC(CC(C)C)N1CCOCC1)NC1CCN(c2ncccc2Cl)C1. The number of rotatable bonds is 7. The number of hydrogen-bond acceptors (Lipinski definition) is 5. The van der Waals surface area contributed by atoms with E-state index in [1.54, 1.807) is 6.20 Å². The fraction of sp³-hybridized carbons (Fsp3) is 0.714. The van der Waals surface area contributed by atoms with Gasteiger partial charge in [-0.05, 0) is 30.9 Å². The maximum atomic E-state index is 6.31. The Hall–Kier alpha value is -1.57. The lowest BCUT2D eigenvalue weighted by Gasteiger charge is -2.36. The number of pyridine rings is 1. The molecule has 1 aromatic heterocycles. The minimum atomic E-state index is 0.325. The smallest absolute Gasteiger partial charge is 0.191 e. The highest BCUT2D eigenvalue weighted by molar-refractivity contribution is 6.32. The van der Waals surface area contributed by atoms with Crippen molar-refractivity contribution in [2.45, 2.75) is 38.8 Å². The van der Waals surface area contributed by atoms with Crippen LogP contribution in [0.4, 0.5) is 5.82 Å². The Labute approximate surface area is 179 Å². The Morgan fingerprint density at radius 2 is 2.14 bits per heavy atom. The Kier molecular flexibility index (Phi) is 8.39. The minimum absolute atomic E-state index is 0.325. The highest BCUT2D eigenvalue weighted by atomic mass is 35.5. The predicted molar refractivity (Wildman–Crippen MR) is 120 cm³/mol. The van der Waals surface area contributed by atoms with Crippen molar-refractivity contribution >= 4 is 23.4 Å². The molecule has 0 saturated carbocycles. The highest BCUT2D eigenvalue weighted by Crippen LogP contribution is 2.25. The first-order chi connectivity index (χ1) is 14.1. The van der Waals surface area contributed by atoms with Crippen LogP contribution in [0.25, 0.3) is 0 Å². The van der Waals surface area contributed by atoms with Crippen LogP contribution in [0.3, 0.4) is 0 Å². The number of aliphatic imine (C=N–C) groups is 1. The number of nitrogens with one attached hydrogen (secondary N) is 2. The Bertz CT molecular complexity index is 664. The average molecular weight is 423 g/mol. The first kappa shape index (κ1) is 22.1. The summed E-state index contributed by atoms with van der Waals surface area (Å²) in [7, 11) is 1.84. The van der Waals surface area contributed by atoms with Gasteiger partial charge in [-0.2, -0.15) is 0 Å². The molecular formula is C21H35ClN6O. The van der Waals surface area contributed by atoms with E-state index < -0.39 is 0 Å². The maximum absolute atomic E-state index is 6.31. The van der Waals surface area contributed by atoms with Crippen molar-refractivity contribution in [3.63, 3.8) is 0 Å². The van der Waals surface area contributed by atoms with Gasteiger partial charge in [-0.3, -0.25) is 9.89 Å². The third-order valence-electron chi connectivity index (χ3n) is 5.60. The summed E-state index contributed by atoms with van der Waals surface area (Å²) in [5.74, 6) is 2.39. The van der Waals surface area contributed by atoms with Crippen molar-refractivity contribution in [2.75, 3.05) is 57.9 Å². The van der Waals surface area contributed by atoms with Gasteiger partial charge in [-0.1, -0.05) is 25.4 Å². The van der Waals surface area contributed by atoms with Gasteiger partial charge >= 0.3 is 0 Å². The van der Waals surface area contributed by atoms with Crippen LogP contribution in [0.15, 0.2) is 23.3 Å². The average Bonchev–Trinajstić information content (AvgIpc) is 3.19. The van der Waals surface area contributed by atoms with Gasteiger partial charge in [-0.25, -0.2) is 4.98 Å². The fourth-order valence-electron chi connectivity index (χ4n) is 4.13. The lowest BCUT2D eigenvalue weighted by atomic mass is 10.0. The fourth-order valence-corrected chi connectivity index (χ4v) is 4.37. The van der Waals surface area contributed by atoms with Crippen molar-refractivity contribution in [1.29, 1.82) is 0 Å². The first-order valence-electron chi connectivity index (χ1n) is 10.7. The predicted octanol–water partition coefficient (Wildman–Crippen LogP) is 2.23. The van der Waals surface area contributed by atoms with Gasteiger partial charge in [0, 0.05) is 58.1 Å². The van der Waals surface area contributed by atoms with E-state index in [0.29, 0.717) is 23.0 Å². The van der Waals surface area contributed by atoms with Crippen molar-refractivity contribution in [3.8, 4) is 0 Å². The number of ether oxygens (including phenoxy) is 1. The Morgan fingerprint density at radius 1 is 1.34 bits per heavy atom. The van der Waals surface area contributed by atoms with Crippen molar-refractivity contribution in [2.24, 2.45) is 10.9 Å². The molecule has 7 nitrogen and oxygen atoms in total. The molecule has 2 saturated heterocycles. The van der Waals surface area contributed by atoms with Gasteiger partial charge in [0.2, 0.25) is 0 Å². The van der Waals surface area contributed by atoms with Crippen LogP contribution in [-0.4, -0.2) is 80.9 Å². The van der Waals surface area contributed by atoms with Crippen LogP contribution in [0.5, 0.6) is 0 Å². The van der Waals surface area contributed by atoms with E-state index in [2.05, 4.69) is 44.3 Å². The van der Waals surface area contributed by atoms with E-state index >= 15 is 0 Å². The third-order valence-corrected chi connectivity index (χ3v) is 5.90. The maximum Gasteiger partial charge on any atom is 0.191 e. The summed E-state index contributed by atoms with van der Waals surface area (Å²) in [6.07, 6.45) is 3.99. The molecule has 1 aromatic rings. The molecule has 3 rings (SSSR count). The molecule has 0 bridgehead atoms. The molecule has 2 fully saturated rings. The van der Waals surface area contributed by atoms with Crippen molar-refractivity contribution < 1.29 is 4.74 Å². The molecule has 2 aliphatic heterocycles. The monoisotopic (exact) mass is 422 g/mol. The molecule has 2 unspecified atom stereocenters. The van der Waals surface area contributed by atoms with Crippen molar-refractivity contribution in [1.82, 2.24) is 20.5 Å². The largest absolute Gasteiger partial charge is 0.379 e. The van der Waals surface area contributed by atoms with Crippen LogP contribution in [-0.2, 0) is 4.74 Å². The minimum Gasteiger partial charge on any atom is -0.379 e. The number of hydrogen-bond donors (Lipinski definition) is 2. The van der Waals surface area contributed by atoms with Gasteiger partial charge in [0.25, 0.3) is 0 Å². The molecule has 2 aliphatic rings. The summed E-state index contributed by atoms with van der Waals surface area (Å²) in [6, 6.07) is 4.58. The molecule has 0 radical (unpaired) electrons. The summed E-state index contributed by atoms with van der Waals surface area (Å²) in [6.45, 7) is 10.9. The zero-order valence-corrected chi connectivity index (χ0v) is 18.7. The quantitative estimate of drug-likeness (QED) is 0.519. The molecule has 0 aliphatic carbocycles. The summed E-state index contributed by atoms with van der Waals surface area (Å²) in [5.41, 5.74) is 0. The summed E-state index contributed by atoms with van der Waals surface area (Å²) in [5, 5.41) is 7.85. The molecule has 8 heteroatoms. The second-order valence-corrected chi connectivity index (χ2v) is 8.68. The molecular weight excluding hydrogens is 388 g/mol. The van der Waals surface area contributed by atoms with Crippen LogP contribution in [0.2, 0.25) is 5.02 Å². The lowest BCUT2D eigenvalue weighted by molar-refractivity contribution is 0.0132. The summed E-state index contributed by atoms with van der Waals surface area (Å²) in [4.78, 5) is 13.7. The number of anilines is 1. The molecule has 0 aromatic carbocycles. The molecule has 2 atom stereocenters. The molecule has 0 amide bonds. The van der Waals surface area contributed by atoms with Gasteiger partial charge in [0.1, 0.15) is 5.82 Å². The van der Waals surface area contributed by atoms with E-state index in [1.807, 2.05) is 19.2 Å². The Morgan fingerprint density at radius 3 is 2.83 bits per heavy atom. The second kappa shape index (κ2) is 11.0. The van der Waals surface area contributed by atoms with Gasteiger partial charge in [0.05, 0.1) is 18.2 Å². The van der Waals surface area contributed by atoms with Gasteiger partial charge in [0.15, 0.2) is 5.96 Å². The summed E-state index contributed by atoms with van der Waals surface area (Å²) < 4.78 is 5.53. The lowest BCUT2D eigenvalue weighted by Crippen LogP contribution is -2.52. The zero-order valence-electron chi connectivity index (χ0n) is 17.9. The highest BCUT2D eigenvalue weighted by Gasteiger charge is 2.26. The van der Waals surface area contributed by atoms with Gasteiger partial charge < -0.3 is 20.3 Å². The number of nitrogens with zero attached hydrogens (tertiary/aromatic N) is 4. The first-order valence-corrected chi connectivity index (χ1v) is 11.1. The molecule has 2 N–H and O–H groups in total. The number of halogens is 1. The van der Waals surface area contributed by atoms with E-state index in [4.69, 9.17) is 16.3 Å². The van der Waals surface area contributed by atoms with Crippen molar-refractivity contribution in [3.05, 3.63) is 23.4 Å². The topological polar surface area (TPSA) is 65.0 Å². The second-order valence-electron chi connectivity index (χ2n) is 8.27. The molecule has 162 valence electrons. The molecule has 29 heavy (non-hydrogen) atoms. The van der Waals surface area contributed by atoms with Crippen LogP contribution in [0, 0.1) is 5.92 Å². The van der Waals surface area contributed by atoms with Crippen LogP contribution < -0.4 is 15.5 Å². The zero-order chi connectivity index (χ0) is 20.6. The summed E-state index contributed by atoms with van der Waals surface area (Å²) >= 11 is 6.31. The number of aromatic nitrogens is 1. The molecule has 3 heterocycles. The standard InChI is InChI=1S/C21H35ClN6O/c1-16(2)13-18(27-9-11-29-12-10-27)14-25-21(23-3)26-17-6-8-28(15-17)20-19(22)5-4-7-24-20/h4-5,7,16-18H,6,8-15H2,1-3H3,(H2,23,25,26). The van der Waals surface area contributed by atoms with E-state index in [-0.39, 0.29) is 0 Å². The molecule has 0 spiro atoms. The van der Waals surface area contributed by atoms with Crippen LogP contribution >= 0.6 is 11.6 Å². The van der Waals surface area contributed by atoms with E-state index in [0.717, 1.165) is 64.1 Å². The Balaban J connectivity index is 1.51. The normalized spacial score (nSPS) is 22.2.